The average Bonchev–Trinajstić information content (AvgIpc) is 2.64. The molecule has 2 nitrogen and oxygen atoms in total. The Balaban J connectivity index is 1.96. The lowest BCUT2D eigenvalue weighted by molar-refractivity contribution is 0.904. The van der Waals surface area contributed by atoms with Gasteiger partial charge in [0, 0.05) is 6.42 Å². The molecule has 0 saturated heterocycles. The smallest absolute Gasteiger partial charge is 0.142 e. The van der Waals surface area contributed by atoms with Crippen LogP contribution in [-0.4, -0.2) is 10.2 Å². The van der Waals surface area contributed by atoms with Crippen LogP contribution in [0.25, 0.3) is 0 Å². The molecule has 15 heavy (non-hydrogen) atoms. The third-order valence-electron chi connectivity index (χ3n) is 2.19. The van der Waals surface area contributed by atoms with Crippen molar-refractivity contribution in [1.82, 2.24) is 10.2 Å². The molecular weight excluding hydrogens is 228 g/mol. The van der Waals surface area contributed by atoms with Crippen molar-refractivity contribution < 1.29 is 0 Å². The summed E-state index contributed by atoms with van der Waals surface area (Å²) in [4.78, 5) is 0. The molecule has 0 atom stereocenters. The van der Waals surface area contributed by atoms with E-state index in [-0.39, 0.29) is 0 Å². The summed E-state index contributed by atoms with van der Waals surface area (Å²) in [6.45, 7) is 2.09. The van der Waals surface area contributed by atoms with Gasteiger partial charge in [0.25, 0.3) is 0 Å². The van der Waals surface area contributed by atoms with Crippen LogP contribution in [0.2, 0.25) is 4.47 Å². The Morgan fingerprint density at radius 2 is 1.87 bits per heavy atom. The lowest BCUT2D eigenvalue weighted by Gasteiger charge is -1.99. The fourth-order valence-corrected chi connectivity index (χ4v) is 2.21. The Morgan fingerprint density at radius 1 is 1.13 bits per heavy atom. The van der Waals surface area contributed by atoms with E-state index in [9.17, 15) is 0 Å². The zero-order valence-electron chi connectivity index (χ0n) is 8.40. The summed E-state index contributed by atoms with van der Waals surface area (Å²) in [6, 6.07) is 8.56. The van der Waals surface area contributed by atoms with E-state index in [0.29, 0.717) is 4.47 Å². The lowest BCUT2D eigenvalue weighted by Crippen LogP contribution is -1.90. The first-order valence-electron chi connectivity index (χ1n) is 4.77. The maximum absolute atomic E-state index is 5.71. The standard InChI is InChI=1S/C11H11ClN2S/c1-8-2-4-9(5-3-8)6-7-10-13-14-11(12)15-10/h2-5H,6-7H2,1H3. The van der Waals surface area contributed by atoms with Crippen LogP contribution in [0, 0.1) is 6.92 Å². The summed E-state index contributed by atoms with van der Waals surface area (Å²) in [5.74, 6) is 0. The highest BCUT2D eigenvalue weighted by Crippen LogP contribution is 2.16. The lowest BCUT2D eigenvalue weighted by atomic mass is 10.1. The van der Waals surface area contributed by atoms with Crippen LogP contribution in [-0.2, 0) is 12.8 Å². The zero-order chi connectivity index (χ0) is 10.7. The molecule has 1 aromatic carbocycles. The molecule has 0 saturated carbocycles. The Labute approximate surface area is 97.9 Å². The van der Waals surface area contributed by atoms with Crippen molar-refractivity contribution in [2.24, 2.45) is 0 Å². The predicted molar refractivity (Wildman–Crippen MR) is 63.5 cm³/mol. The SMILES string of the molecule is Cc1ccc(CCc2nnc(Cl)s2)cc1. The minimum absolute atomic E-state index is 0.522. The molecule has 0 radical (unpaired) electrons. The van der Waals surface area contributed by atoms with Crippen molar-refractivity contribution >= 4 is 22.9 Å². The molecule has 0 spiro atoms. The molecule has 0 N–H and O–H groups in total. The first kappa shape index (κ1) is 10.6. The van der Waals surface area contributed by atoms with Crippen molar-refractivity contribution in [2.45, 2.75) is 19.8 Å². The number of halogens is 1. The van der Waals surface area contributed by atoms with Gasteiger partial charge < -0.3 is 0 Å². The third kappa shape index (κ3) is 3.01. The minimum Gasteiger partial charge on any atom is -0.142 e. The average molecular weight is 239 g/mol. The van der Waals surface area contributed by atoms with E-state index in [1.54, 1.807) is 0 Å². The Kier molecular flexibility index (Phi) is 3.34. The maximum atomic E-state index is 5.71. The molecule has 0 bridgehead atoms. The number of hydrogen-bond donors (Lipinski definition) is 0. The van der Waals surface area contributed by atoms with Crippen LogP contribution in [0.3, 0.4) is 0 Å². The van der Waals surface area contributed by atoms with Gasteiger partial charge in [-0.25, -0.2) is 0 Å². The van der Waals surface area contributed by atoms with E-state index >= 15 is 0 Å². The second-order valence-corrected chi connectivity index (χ2v) is 5.08. The third-order valence-corrected chi connectivity index (χ3v) is 3.27. The van der Waals surface area contributed by atoms with Gasteiger partial charge in [0.1, 0.15) is 5.01 Å². The molecule has 0 aliphatic rings. The molecule has 1 aromatic heterocycles. The molecule has 2 aromatic rings. The summed E-state index contributed by atoms with van der Waals surface area (Å²) in [5, 5.41) is 8.76. The second-order valence-electron chi connectivity index (χ2n) is 3.43. The molecule has 0 fully saturated rings. The topological polar surface area (TPSA) is 25.8 Å². The number of rotatable bonds is 3. The summed E-state index contributed by atoms with van der Waals surface area (Å²) in [6.07, 6.45) is 1.90. The summed E-state index contributed by atoms with van der Waals surface area (Å²) in [7, 11) is 0. The molecule has 78 valence electrons. The van der Waals surface area contributed by atoms with Gasteiger partial charge in [-0.2, -0.15) is 0 Å². The van der Waals surface area contributed by atoms with E-state index in [1.165, 1.54) is 22.5 Å². The summed E-state index contributed by atoms with van der Waals surface area (Å²) >= 11 is 7.16. The van der Waals surface area contributed by atoms with Crippen LogP contribution in [0.15, 0.2) is 24.3 Å². The Hall–Kier alpha value is -0.930. The highest BCUT2D eigenvalue weighted by molar-refractivity contribution is 7.15. The van der Waals surface area contributed by atoms with Gasteiger partial charge >= 0.3 is 0 Å². The molecule has 0 aliphatic heterocycles. The minimum atomic E-state index is 0.522. The van der Waals surface area contributed by atoms with Crippen LogP contribution < -0.4 is 0 Å². The van der Waals surface area contributed by atoms with Crippen molar-refractivity contribution in [3.63, 3.8) is 0 Å². The highest BCUT2D eigenvalue weighted by Gasteiger charge is 2.01. The van der Waals surface area contributed by atoms with Crippen molar-refractivity contribution in [1.29, 1.82) is 0 Å². The molecule has 2 rings (SSSR count). The molecular formula is C11H11ClN2S. The van der Waals surface area contributed by atoms with Gasteiger partial charge in [-0.3, -0.25) is 0 Å². The second kappa shape index (κ2) is 4.73. The van der Waals surface area contributed by atoms with E-state index in [0.717, 1.165) is 17.8 Å². The van der Waals surface area contributed by atoms with E-state index < -0.39 is 0 Å². The highest BCUT2D eigenvalue weighted by atomic mass is 35.5. The van der Waals surface area contributed by atoms with Crippen LogP contribution >= 0.6 is 22.9 Å². The zero-order valence-corrected chi connectivity index (χ0v) is 9.98. The predicted octanol–water partition coefficient (Wildman–Crippen LogP) is 3.29. The number of nitrogens with zero attached hydrogens (tertiary/aromatic N) is 2. The van der Waals surface area contributed by atoms with Crippen LogP contribution in [0.1, 0.15) is 16.1 Å². The molecule has 0 amide bonds. The molecule has 1 heterocycles. The molecule has 0 unspecified atom stereocenters. The van der Waals surface area contributed by atoms with Crippen LogP contribution in [0.4, 0.5) is 0 Å². The van der Waals surface area contributed by atoms with Gasteiger partial charge in [0.05, 0.1) is 0 Å². The van der Waals surface area contributed by atoms with Crippen LogP contribution in [0.5, 0.6) is 0 Å². The largest absolute Gasteiger partial charge is 0.207 e. The fraction of sp³-hybridized carbons (Fsp3) is 0.273. The molecule has 0 aliphatic carbocycles. The van der Waals surface area contributed by atoms with Crippen molar-refractivity contribution in [2.75, 3.05) is 0 Å². The monoisotopic (exact) mass is 238 g/mol. The van der Waals surface area contributed by atoms with Gasteiger partial charge in [0.15, 0.2) is 0 Å². The Bertz CT molecular complexity index is 436. The summed E-state index contributed by atoms with van der Waals surface area (Å²) in [5.41, 5.74) is 2.62. The number of aryl methyl sites for hydroxylation is 3. The quantitative estimate of drug-likeness (QED) is 0.820. The maximum Gasteiger partial charge on any atom is 0.207 e. The van der Waals surface area contributed by atoms with E-state index in [2.05, 4.69) is 41.4 Å². The van der Waals surface area contributed by atoms with Gasteiger partial charge in [-0.15, -0.1) is 10.2 Å². The van der Waals surface area contributed by atoms with E-state index in [4.69, 9.17) is 11.6 Å². The van der Waals surface area contributed by atoms with E-state index in [1.807, 2.05) is 0 Å². The fourth-order valence-electron chi connectivity index (χ4n) is 1.34. The first-order valence-corrected chi connectivity index (χ1v) is 5.97. The number of benzene rings is 1. The molecule has 4 heteroatoms. The van der Waals surface area contributed by atoms with Gasteiger partial charge in [-0.1, -0.05) is 41.2 Å². The Morgan fingerprint density at radius 3 is 2.47 bits per heavy atom. The normalized spacial score (nSPS) is 10.5. The summed E-state index contributed by atoms with van der Waals surface area (Å²) < 4.78 is 0.522. The number of aromatic nitrogens is 2. The van der Waals surface area contributed by atoms with Crippen molar-refractivity contribution in [3.8, 4) is 0 Å². The number of hydrogen-bond acceptors (Lipinski definition) is 3. The van der Waals surface area contributed by atoms with Gasteiger partial charge in [0.2, 0.25) is 4.47 Å². The first-order chi connectivity index (χ1) is 7.24. The van der Waals surface area contributed by atoms with Crippen molar-refractivity contribution in [3.05, 3.63) is 44.9 Å². The van der Waals surface area contributed by atoms with Gasteiger partial charge in [-0.05, 0) is 30.5 Å².